The molecule has 1 aliphatic heterocycles. The molecule has 1 aliphatic carbocycles. The van der Waals surface area contributed by atoms with E-state index in [9.17, 15) is 0 Å². The Balaban J connectivity index is 0.00000161. The summed E-state index contributed by atoms with van der Waals surface area (Å²) in [6, 6.07) is 1.19. The third-order valence-corrected chi connectivity index (χ3v) is 4.62. The third kappa shape index (κ3) is 4.42. The Hall–Kier alpha value is -0.620. The monoisotopic (exact) mass is 314 g/mol. The van der Waals surface area contributed by atoms with E-state index >= 15 is 0 Å². The first-order chi connectivity index (χ1) is 9.83. The molecule has 0 aromatic carbocycles. The average molecular weight is 315 g/mol. The van der Waals surface area contributed by atoms with Gasteiger partial charge < -0.3 is 15.4 Å². The van der Waals surface area contributed by atoms with E-state index in [2.05, 4.69) is 21.9 Å². The van der Waals surface area contributed by atoms with Crippen molar-refractivity contribution in [1.29, 1.82) is 0 Å². The van der Waals surface area contributed by atoms with Crippen LogP contribution in [-0.4, -0.2) is 48.2 Å². The molecule has 2 fully saturated rings. The second kappa shape index (κ2) is 8.13. The number of hydrogen-bond donors (Lipinski definition) is 2. The van der Waals surface area contributed by atoms with Crippen molar-refractivity contribution >= 4 is 12.4 Å². The van der Waals surface area contributed by atoms with Gasteiger partial charge in [0, 0.05) is 31.9 Å². The predicted octanol–water partition coefficient (Wildman–Crippen LogP) is 1.13. The van der Waals surface area contributed by atoms with Crippen molar-refractivity contribution in [1.82, 2.24) is 20.4 Å². The fraction of sp³-hybridized carbons (Fsp3) is 0.800. The van der Waals surface area contributed by atoms with E-state index in [4.69, 9.17) is 4.74 Å². The molecule has 21 heavy (non-hydrogen) atoms. The standard InChI is InChI=1S/C15H26N4O.ClH/c1-19-10-12(9-18-19)5-6-16-14-4-2-3-13(14)15-11-20-8-7-17-15;/h9-10,13-17H,2-8,11H2,1H3;1H. The van der Waals surface area contributed by atoms with Crippen LogP contribution in [0.25, 0.3) is 0 Å². The molecule has 2 N–H and O–H groups in total. The minimum atomic E-state index is 0. The number of nitrogens with zero attached hydrogens (tertiary/aromatic N) is 2. The maximum absolute atomic E-state index is 5.62. The highest BCUT2D eigenvalue weighted by Crippen LogP contribution is 2.29. The summed E-state index contributed by atoms with van der Waals surface area (Å²) in [7, 11) is 1.97. The zero-order valence-electron chi connectivity index (χ0n) is 12.8. The minimum Gasteiger partial charge on any atom is -0.379 e. The summed E-state index contributed by atoms with van der Waals surface area (Å²) in [6.07, 6.45) is 9.09. The van der Waals surface area contributed by atoms with Gasteiger partial charge in [0.2, 0.25) is 0 Å². The SMILES string of the molecule is Cl.Cn1cc(CCNC2CCCC2C2COCCN2)cn1. The largest absolute Gasteiger partial charge is 0.379 e. The molecule has 0 radical (unpaired) electrons. The van der Waals surface area contributed by atoms with Crippen LogP contribution in [0.1, 0.15) is 24.8 Å². The van der Waals surface area contributed by atoms with E-state index in [-0.39, 0.29) is 12.4 Å². The summed E-state index contributed by atoms with van der Waals surface area (Å²) in [5.41, 5.74) is 1.31. The van der Waals surface area contributed by atoms with Crippen LogP contribution >= 0.6 is 12.4 Å². The fourth-order valence-electron chi connectivity index (χ4n) is 3.59. The second-order valence-corrected chi connectivity index (χ2v) is 6.06. The maximum atomic E-state index is 5.62. The van der Waals surface area contributed by atoms with Crippen molar-refractivity contribution in [2.24, 2.45) is 13.0 Å². The van der Waals surface area contributed by atoms with Gasteiger partial charge in [-0.25, -0.2) is 0 Å². The van der Waals surface area contributed by atoms with Crippen molar-refractivity contribution in [2.75, 3.05) is 26.3 Å². The molecule has 1 saturated heterocycles. The third-order valence-electron chi connectivity index (χ3n) is 4.62. The van der Waals surface area contributed by atoms with Gasteiger partial charge in [-0.05, 0) is 37.3 Å². The molecule has 2 aliphatic rings. The minimum absolute atomic E-state index is 0. The van der Waals surface area contributed by atoms with E-state index in [1.165, 1.54) is 24.8 Å². The van der Waals surface area contributed by atoms with Crippen LogP contribution in [0.15, 0.2) is 12.4 Å². The van der Waals surface area contributed by atoms with Gasteiger partial charge in [0.05, 0.1) is 19.4 Å². The number of aromatic nitrogens is 2. The Labute approximate surface area is 133 Å². The Morgan fingerprint density at radius 2 is 2.38 bits per heavy atom. The first-order valence-corrected chi connectivity index (χ1v) is 7.85. The Kier molecular flexibility index (Phi) is 6.48. The van der Waals surface area contributed by atoms with Crippen molar-refractivity contribution in [3.05, 3.63) is 18.0 Å². The normalized spacial score (nSPS) is 29.3. The molecule has 120 valence electrons. The topological polar surface area (TPSA) is 51.1 Å². The fourth-order valence-corrected chi connectivity index (χ4v) is 3.59. The summed E-state index contributed by atoms with van der Waals surface area (Å²) < 4.78 is 7.49. The summed E-state index contributed by atoms with van der Waals surface area (Å²) >= 11 is 0. The highest BCUT2D eigenvalue weighted by atomic mass is 35.5. The number of morpholine rings is 1. The molecular weight excluding hydrogens is 288 g/mol. The lowest BCUT2D eigenvalue weighted by Gasteiger charge is -2.33. The molecule has 1 aromatic rings. The molecule has 6 heteroatoms. The van der Waals surface area contributed by atoms with Gasteiger partial charge in [0.25, 0.3) is 0 Å². The molecule has 3 rings (SSSR count). The number of hydrogen-bond acceptors (Lipinski definition) is 4. The lowest BCUT2D eigenvalue weighted by Crippen LogP contribution is -2.51. The second-order valence-electron chi connectivity index (χ2n) is 6.06. The zero-order chi connectivity index (χ0) is 13.8. The van der Waals surface area contributed by atoms with Gasteiger partial charge in [-0.2, -0.15) is 5.10 Å². The van der Waals surface area contributed by atoms with Gasteiger partial charge in [0.1, 0.15) is 0 Å². The Bertz CT molecular complexity index is 420. The van der Waals surface area contributed by atoms with Gasteiger partial charge in [-0.3, -0.25) is 4.68 Å². The van der Waals surface area contributed by atoms with Crippen LogP contribution in [0.5, 0.6) is 0 Å². The maximum Gasteiger partial charge on any atom is 0.0623 e. The zero-order valence-corrected chi connectivity index (χ0v) is 13.6. The number of aryl methyl sites for hydroxylation is 1. The van der Waals surface area contributed by atoms with Crippen molar-refractivity contribution in [3.8, 4) is 0 Å². The van der Waals surface area contributed by atoms with Gasteiger partial charge in [-0.1, -0.05) is 6.42 Å². The van der Waals surface area contributed by atoms with Gasteiger partial charge in [-0.15, -0.1) is 12.4 Å². The summed E-state index contributed by atoms with van der Waals surface area (Å²) in [5, 5.41) is 11.6. The number of halogens is 1. The van der Waals surface area contributed by atoms with Crippen LogP contribution in [0.2, 0.25) is 0 Å². The smallest absolute Gasteiger partial charge is 0.0623 e. The first kappa shape index (κ1) is 16.7. The van der Waals surface area contributed by atoms with Crippen LogP contribution in [0, 0.1) is 5.92 Å². The number of rotatable bonds is 5. The highest BCUT2D eigenvalue weighted by molar-refractivity contribution is 5.85. The van der Waals surface area contributed by atoms with Crippen molar-refractivity contribution in [2.45, 2.75) is 37.8 Å². The number of ether oxygens (including phenoxy) is 1. The van der Waals surface area contributed by atoms with Crippen molar-refractivity contribution in [3.63, 3.8) is 0 Å². The van der Waals surface area contributed by atoms with E-state index in [1.54, 1.807) is 0 Å². The molecule has 3 unspecified atom stereocenters. The predicted molar refractivity (Wildman–Crippen MR) is 85.9 cm³/mol. The summed E-state index contributed by atoms with van der Waals surface area (Å²) in [5.74, 6) is 0.726. The summed E-state index contributed by atoms with van der Waals surface area (Å²) in [4.78, 5) is 0. The van der Waals surface area contributed by atoms with E-state index in [1.807, 2.05) is 17.9 Å². The van der Waals surface area contributed by atoms with E-state index < -0.39 is 0 Å². The average Bonchev–Trinajstić information content (AvgIpc) is 3.09. The molecular formula is C15H27ClN4O. The molecule has 0 bridgehead atoms. The molecule has 0 spiro atoms. The number of nitrogens with one attached hydrogen (secondary N) is 2. The van der Waals surface area contributed by atoms with E-state index in [0.717, 1.165) is 38.6 Å². The van der Waals surface area contributed by atoms with Crippen LogP contribution < -0.4 is 10.6 Å². The Morgan fingerprint density at radius 3 is 3.10 bits per heavy atom. The van der Waals surface area contributed by atoms with Gasteiger partial charge >= 0.3 is 0 Å². The van der Waals surface area contributed by atoms with Crippen LogP contribution in [0.3, 0.4) is 0 Å². The molecule has 1 saturated carbocycles. The first-order valence-electron chi connectivity index (χ1n) is 7.85. The Morgan fingerprint density at radius 1 is 1.48 bits per heavy atom. The highest BCUT2D eigenvalue weighted by Gasteiger charge is 2.34. The molecule has 1 aromatic heterocycles. The van der Waals surface area contributed by atoms with Crippen LogP contribution in [-0.2, 0) is 18.2 Å². The summed E-state index contributed by atoms with van der Waals surface area (Å²) in [6.45, 7) is 3.79. The molecule has 5 nitrogen and oxygen atoms in total. The van der Waals surface area contributed by atoms with E-state index in [0.29, 0.717) is 12.1 Å². The van der Waals surface area contributed by atoms with Crippen molar-refractivity contribution < 1.29 is 4.74 Å². The molecule has 0 amide bonds. The lowest BCUT2D eigenvalue weighted by molar-refractivity contribution is 0.0526. The van der Waals surface area contributed by atoms with Gasteiger partial charge in [0.15, 0.2) is 0 Å². The van der Waals surface area contributed by atoms with Crippen LogP contribution in [0.4, 0.5) is 0 Å². The lowest BCUT2D eigenvalue weighted by atomic mass is 9.94. The quantitative estimate of drug-likeness (QED) is 0.855. The molecule has 2 heterocycles. The molecule has 3 atom stereocenters.